The number of ether oxygens (including phenoxy) is 2. The van der Waals surface area contributed by atoms with E-state index in [1.807, 2.05) is 0 Å². The van der Waals surface area contributed by atoms with Gasteiger partial charge in [-0.3, -0.25) is 19.3 Å². The minimum Gasteiger partial charge on any atom is -0.485 e. The van der Waals surface area contributed by atoms with Crippen LogP contribution in [0.1, 0.15) is 24.2 Å². The van der Waals surface area contributed by atoms with Gasteiger partial charge in [-0.15, -0.1) is 0 Å². The number of nitrogens with zero attached hydrogens (tertiary/aromatic N) is 2. The van der Waals surface area contributed by atoms with Crippen LogP contribution >= 0.6 is 0 Å². The van der Waals surface area contributed by atoms with Crippen molar-refractivity contribution in [1.29, 1.82) is 0 Å². The molecule has 1 aliphatic rings. The fourth-order valence-electron chi connectivity index (χ4n) is 3.43. The molecule has 9 heteroatoms. The van der Waals surface area contributed by atoms with Crippen LogP contribution in [0.15, 0.2) is 42.5 Å². The zero-order chi connectivity index (χ0) is 23.8. The molecule has 1 heterocycles. The molecule has 2 aromatic carbocycles. The average Bonchev–Trinajstić information content (AvgIpc) is 2.82. The van der Waals surface area contributed by atoms with E-state index in [1.165, 1.54) is 29.2 Å². The highest BCUT2D eigenvalue weighted by Crippen LogP contribution is 2.33. The smallest absolute Gasteiger partial charge is 0.265 e. The summed E-state index contributed by atoms with van der Waals surface area (Å²) in [5.74, 6) is -0.841. The Bertz CT molecular complexity index is 1010. The first-order valence-electron chi connectivity index (χ1n) is 10.9. The minimum absolute atomic E-state index is 0.176. The number of halogens is 1. The van der Waals surface area contributed by atoms with Crippen molar-refractivity contribution in [2.24, 2.45) is 0 Å². The maximum atomic E-state index is 13.3. The van der Waals surface area contributed by atoms with Crippen LogP contribution in [0.3, 0.4) is 0 Å². The molecular formula is C24H28FN3O5. The predicted molar refractivity (Wildman–Crippen MR) is 121 cm³/mol. The van der Waals surface area contributed by atoms with Gasteiger partial charge in [0.15, 0.2) is 19.0 Å². The molecule has 0 atom stereocenters. The first-order valence-corrected chi connectivity index (χ1v) is 10.9. The molecule has 0 fully saturated rings. The third-order valence-corrected chi connectivity index (χ3v) is 5.34. The molecule has 0 saturated carbocycles. The van der Waals surface area contributed by atoms with E-state index in [2.05, 4.69) is 24.1 Å². The molecule has 0 unspecified atom stereocenters. The average molecular weight is 458 g/mol. The zero-order valence-corrected chi connectivity index (χ0v) is 18.8. The van der Waals surface area contributed by atoms with E-state index in [0.29, 0.717) is 18.0 Å². The Balaban J connectivity index is 1.65. The number of nitrogens with one attached hydrogen (secondary N) is 1. The van der Waals surface area contributed by atoms with Crippen LogP contribution in [0, 0.1) is 5.82 Å². The van der Waals surface area contributed by atoms with Gasteiger partial charge in [0, 0.05) is 24.7 Å². The molecule has 1 N–H and O–H groups in total. The summed E-state index contributed by atoms with van der Waals surface area (Å²) < 4.78 is 24.1. The number of anilines is 1. The van der Waals surface area contributed by atoms with Crippen LogP contribution in [0.4, 0.5) is 10.1 Å². The van der Waals surface area contributed by atoms with Crippen LogP contribution in [0.5, 0.6) is 11.5 Å². The fourth-order valence-corrected chi connectivity index (χ4v) is 3.43. The maximum Gasteiger partial charge on any atom is 0.265 e. The van der Waals surface area contributed by atoms with E-state index in [9.17, 15) is 18.8 Å². The second-order valence-electron chi connectivity index (χ2n) is 7.50. The summed E-state index contributed by atoms with van der Waals surface area (Å²) in [7, 11) is 0. The molecule has 8 nitrogen and oxygen atoms in total. The van der Waals surface area contributed by atoms with Crippen molar-refractivity contribution in [3.8, 4) is 11.5 Å². The predicted octanol–water partition coefficient (Wildman–Crippen LogP) is 2.27. The van der Waals surface area contributed by atoms with Crippen molar-refractivity contribution >= 4 is 23.3 Å². The quantitative estimate of drug-likeness (QED) is 0.521. The molecule has 0 bridgehead atoms. The van der Waals surface area contributed by atoms with Crippen molar-refractivity contribution in [3.05, 3.63) is 53.8 Å². The monoisotopic (exact) mass is 457 g/mol. The lowest BCUT2D eigenvalue weighted by Crippen LogP contribution is -2.46. The van der Waals surface area contributed by atoms with Crippen molar-refractivity contribution in [3.63, 3.8) is 0 Å². The normalized spacial score (nSPS) is 12.8. The molecule has 0 aromatic heterocycles. The van der Waals surface area contributed by atoms with Crippen LogP contribution in [-0.4, -0.2) is 68.4 Å². The first kappa shape index (κ1) is 24.2. The summed E-state index contributed by atoms with van der Waals surface area (Å²) >= 11 is 0. The SMILES string of the molecule is CCN(CC)CCNC(=O)CN1C(=O)COc2ccc(C(=O)COc3cccc(F)c3)cc21. The second kappa shape index (κ2) is 11.4. The standard InChI is InChI=1S/C24H28FN3O5/c1-3-27(4-2)11-10-26-23(30)14-28-20-12-17(8-9-22(20)33-16-24(28)31)21(29)15-32-19-7-5-6-18(25)13-19/h5-9,12-13H,3-4,10-11,14-16H2,1-2H3,(H,26,30). The lowest BCUT2D eigenvalue weighted by Gasteiger charge is -2.29. The van der Waals surface area contributed by atoms with Crippen LogP contribution in [0.2, 0.25) is 0 Å². The van der Waals surface area contributed by atoms with Crippen LogP contribution < -0.4 is 19.7 Å². The van der Waals surface area contributed by atoms with Crippen LogP contribution in [0.25, 0.3) is 0 Å². The number of benzene rings is 2. The fraction of sp³-hybridized carbons (Fsp3) is 0.375. The van der Waals surface area contributed by atoms with Crippen molar-refractivity contribution in [2.45, 2.75) is 13.8 Å². The Morgan fingerprint density at radius 1 is 1.18 bits per heavy atom. The van der Waals surface area contributed by atoms with E-state index in [4.69, 9.17) is 9.47 Å². The van der Waals surface area contributed by atoms with E-state index >= 15 is 0 Å². The highest BCUT2D eigenvalue weighted by Gasteiger charge is 2.28. The topological polar surface area (TPSA) is 88.2 Å². The summed E-state index contributed by atoms with van der Waals surface area (Å²) in [5, 5.41) is 2.83. The summed E-state index contributed by atoms with van der Waals surface area (Å²) in [5.41, 5.74) is 0.636. The van der Waals surface area contributed by atoms with Gasteiger partial charge in [0.2, 0.25) is 5.91 Å². The van der Waals surface area contributed by atoms with E-state index in [0.717, 1.165) is 19.6 Å². The molecule has 2 amide bonds. The summed E-state index contributed by atoms with van der Waals surface area (Å²) in [6.07, 6.45) is 0. The van der Waals surface area contributed by atoms with Crippen molar-refractivity contribution in [2.75, 3.05) is 50.8 Å². The van der Waals surface area contributed by atoms with Gasteiger partial charge >= 0.3 is 0 Å². The molecule has 0 spiro atoms. The number of carbonyl (C=O) groups is 3. The lowest BCUT2D eigenvalue weighted by atomic mass is 10.1. The van der Waals surface area contributed by atoms with E-state index in [1.54, 1.807) is 18.2 Å². The number of likely N-dealkylation sites (N-methyl/N-ethyl adjacent to an activating group) is 1. The van der Waals surface area contributed by atoms with Gasteiger partial charge in [0.25, 0.3) is 5.91 Å². The van der Waals surface area contributed by atoms with E-state index < -0.39 is 5.82 Å². The van der Waals surface area contributed by atoms with Crippen molar-refractivity contribution < 1.29 is 28.2 Å². The largest absolute Gasteiger partial charge is 0.485 e. The molecule has 0 aliphatic carbocycles. The molecule has 1 aliphatic heterocycles. The minimum atomic E-state index is -0.463. The van der Waals surface area contributed by atoms with Gasteiger partial charge < -0.3 is 19.7 Å². The molecule has 176 valence electrons. The zero-order valence-electron chi connectivity index (χ0n) is 18.8. The highest BCUT2D eigenvalue weighted by molar-refractivity contribution is 6.04. The molecule has 0 saturated heterocycles. The van der Waals surface area contributed by atoms with Crippen LogP contribution in [-0.2, 0) is 9.59 Å². The summed E-state index contributed by atoms with van der Waals surface area (Å²) in [4.78, 5) is 41.0. The number of fused-ring (bicyclic) bond motifs is 1. The Morgan fingerprint density at radius 2 is 1.97 bits per heavy atom. The molecular weight excluding hydrogens is 429 g/mol. The number of carbonyl (C=O) groups excluding carboxylic acids is 3. The van der Waals surface area contributed by atoms with Gasteiger partial charge in [0.05, 0.1) is 5.69 Å². The molecule has 3 rings (SSSR count). The third-order valence-electron chi connectivity index (χ3n) is 5.34. The lowest BCUT2D eigenvalue weighted by molar-refractivity contribution is -0.125. The number of Topliss-reactive ketones (excluding diaryl/α,β-unsaturated/α-hetero) is 1. The van der Waals surface area contributed by atoms with E-state index in [-0.39, 0.29) is 48.7 Å². The van der Waals surface area contributed by atoms with Gasteiger partial charge in [-0.2, -0.15) is 0 Å². The number of rotatable bonds is 11. The number of hydrogen-bond donors (Lipinski definition) is 1. The highest BCUT2D eigenvalue weighted by atomic mass is 19.1. The number of ketones is 1. The summed E-state index contributed by atoms with van der Waals surface area (Å²) in [6, 6.07) is 10.2. The van der Waals surface area contributed by atoms with Crippen molar-refractivity contribution in [1.82, 2.24) is 10.2 Å². The summed E-state index contributed by atoms with van der Waals surface area (Å²) in [6.45, 7) is 6.41. The Morgan fingerprint density at radius 3 is 2.70 bits per heavy atom. The molecule has 33 heavy (non-hydrogen) atoms. The molecule has 0 radical (unpaired) electrons. The first-order chi connectivity index (χ1) is 15.9. The van der Waals surface area contributed by atoms with Gasteiger partial charge in [-0.05, 0) is 43.4 Å². The second-order valence-corrected chi connectivity index (χ2v) is 7.50. The Kier molecular flexibility index (Phi) is 8.37. The Labute approximate surface area is 192 Å². The van der Waals surface area contributed by atoms with Gasteiger partial charge in [-0.25, -0.2) is 4.39 Å². The maximum absolute atomic E-state index is 13.3. The number of amides is 2. The number of hydrogen-bond acceptors (Lipinski definition) is 6. The Hall–Kier alpha value is -3.46. The molecule has 2 aromatic rings. The third kappa shape index (κ3) is 6.52. The van der Waals surface area contributed by atoms with Gasteiger partial charge in [-0.1, -0.05) is 19.9 Å². The van der Waals surface area contributed by atoms with Gasteiger partial charge in [0.1, 0.15) is 23.9 Å².